The molecule has 3 aromatic rings. The zero-order valence-electron chi connectivity index (χ0n) is 13.6. The molecule has 2 aromatic heterocycles. The molecule has 7 nitrogen and oxygen atoms in total. The van der Waals surface area contributed by atoms with E-state index in [9.17, 15) is 14.7 Å². The summed E-state index contributed by atoms with van der Waals surface area (Å²) < 4.78 is 0. The van der Waals surface area contributed by atoms with Gasteiger partial charge in [-0.1, -0.05) is 35.9 Å². The fraction of sp³-hybridized carbons (Fsp3) is 0.222. The van der Waals surface area contributed by atoms with Crippen LogP contribution in [-0.2, 0) is 17.8 Å². The van der Waals surface area contributed by atoms with Crippen molar-refractivity contribution in [2.24, 2.45) is 0 Å². The lowest BCUT2D eigenvalue weighted by atomic mass is 9.92. The van der Waals surface area contributed by atoms with Crippen LogP contribution in [0.25, 0.3) is 11.0 Å². The van der Waals surface area contributed by atoms with Gasteiger partial charge in [0.15, 0.2) is 5.65 Å². The quantitative estimate of drug-likeness (QED) is 0.738. The van der Waals surface area contributed by atoms with Crippen LogP contribution in [0.3, 0.4) is 0 Å². The van der Waals surface area contributed by atoms with E-state index in [1.165, 1.54) is 6.20 Å². The summed E-state index contributed by atoms with van der Waals surface area (Å²) in [6.45, 7) is 0.339. The number of hydrogen-bond acceptors (Lipinski definition) is 4. The van der Waals surface area contributed by atoms with Crippen LogP contribution in [0.15, 0.2) is 36.5 Å². The topological polar surface area (TPSA) is 99.2 Å². The van der Waals surface area contributed by atoms with Crippen molar-refractivity contribution in [1.29, 1.82) is 0 Å². The molecule has 1 amide bonds. The maximum atomic E-state index is 13.2. The molecule has 0 radical (unpaired) electrons. The molecule has 2 N–H and O–H groups in total. The van der Waals surface area contributed by atoms with Crippen molar-refractivity contribution < 1.29 is 14.7 Å². The third kappa shape index (κ3) is 2.80. The number of hydrogen-bond donors (Lipinski definition) is 2. The zero-order chi connectivity index (χ0) is 18.3. The van der Waals surface area contributed by atoms with E-state index in [-0.39, 0.29) is 18.0 Å². The summed E-state index contributed by atoms with van der Waals surface area (Å²) >= 11 is 6.22. The predicted molar refractivity (Wildman–Crippen MR) is 95.0 cm³/mol. The van der Waals surface area contributed by atoms with Gasteiger partial charge < -0.3 is 10.0 Å². The number of fused-ring (bicyclic) bond motifs is 2. The Morgan fingerprint density at radius 2 is 2.04 bits per heavy atom. The highest BCUT2D eigenvalue weighted by Crippen LogP contribution is 2.29. The first kappa shape index (κ1) is 16.5. The van der Waals surface area contributed by atoms with E-state index in [0.717, 1.165) is 11.1 Å². The van der Waals surface area contributed by atoms with Gasteiger partial charge in [0.1, 0.15) is 5.69 Å². The number of aromatic nitrogens is 3. The average molecular weight is 371 g/mol. The van der Waals surface area contributed by atoms with Gasteiger partial charge >= 0.3 is 5.97 Å². The number of aliphatic carboxylic acids is 1. The van der Waals surface area contributed by atoms with Gasteiger partial charge in [-0.15, -0.1) is 0 Å². The number of nitrogens with zero attached hydrogens (tertiary/aromatic N) is 3. The third-order valence-electron chi connectivity index (χ3n) is 4.64. The number of carboxylic acid groups (broad SMARTS) is 1. The lowest BCUT2D eigenvalue weighted by Crippen LogP contribution is -2.45. The van der Waals surface area contributed by atoms with Gasteiger partial charge in [-0.2, -0.15) is 5.10 Å². The highest BCUT2D eigenvalue weighted by atomic mass is 35.5. The number of nitrogens with one attached hydrogen (secondary N) is 1. The van der Waals surface area contributed by atoms with Crippen LogP contribution >= 0.6 is 11.6 Å². The summed E-state index contributed by atoms with van der Waals surface area (Å²) in [7, 11) is 0. The Hall–Kier alpha value is -2.93. The van der Waals surface area contributed by atoms with Gasteiger partial charge in [0.25, 0.3) is 5.91 Å². The summed E-state index contributed by atoms with van der Waals surface area (Å²) in [5, 5.41) is 16.9. The number of amides is 1. The number of carbonyl (C=O) groups excluding carboxylic acids is 1. The third-order valence-corrected chi connectivity index (χ3v) is 4.96. The maximum Gasteiger partial charge on any atom is 0.305 e. The van der Waals surface area contributed by atoms with Crippen LogP contribution in [0.4, 0.5) is 0 Å². The number of benzene rings is 1. The van der Waals surface area contributed by atoms with E-state index in [2.05, 4.69) is 15.2 Å². The standard InChI is InChI=1S/C18H15ClN4O3/c19-13-5-6-20-17-15(13)16(21-22-17)18(26)23-9-11-4-2-1-3-10(11)7-12(23)8-14(24)25/h1-6,12H,7-9H2,(H,24,25)(H,20,21,22)/t12-/m0/s1. The number of aromatic amines is 1. The van der Waals surface area contributed by atoms with Gasteiger partial charge in [-0.25, -0.2) is 4.98 Å². The van der Waals surface area contributed by atoms with Crippen molar-refractivity contribution in [1.82, 2.24) is 20.1 Å². The minimum Gasteiger partial charge on any atom is -0.481 e. The van der Waals surface area contributed by atoms with E-state index < -0.39 is 12.0 Å². The molecule has 1 aromatic carbocycles. The molecule has 1 aliphatic heterocycles. The first-order chi connectivity index (χ1) is 12.5. The number of rotatable bonds is 3. The van der Waals surface area contributed by atoms with E-state index >= 15 is 0 Å². The van der Waals surface area contributed by atoms with Crippen molar-refractivity contribution in [2.45, 2.75) is 25.4 Å². The van der Waals surface area contributed by atoms with Crippen LogP contribution in [0.5, 0.6) is 0 Å². The first-order valence-electron chi connectivity index (χ1n) is 8.12. The van der Waals surface area contributed by atoms with Gasteiger partial charge in [-0.05, 0) is 23.6 Å². The molecule has 0 saturated carbocycles. The maximum absolute atomic E-state index is 13.2. The van der Waals surface area contributed by atoms with Gasteiger partial charge in [-0.3, -0.25) is 14.7 Å². The summed E-state index contributed by atoms with van der Waals surface area (Å²) in [4.78, 5) is 30.2. The monoisotopic (exact) mass is 370 g/mol. The van der Waals surface area contributed by atoms with Crippen molar-refractivity contribution in [3.8, 4) is 0 Å². The van der Waals surface area contributed by atoms with E-state index in [1.807, 2.05) is 24.3 Å². The van der Waals surface area contributed by atoms with E-state index in [1.54, 1.807) is 11.0 Å². The molecular weight excluding hydrogens is 356 g/mol. The van der Waals surface area contributed by atoms with Crippen molar-refractivity contribution in [3.63, 3.8) is 0 Å². The highest BCUT2D eigenvalue weighted by molar-refractivity contribution is 6.36. The molecule has 132 valence electrons. The Balaban J connectivity index is 1.76. The Morgan fingerprint density at radius 3 is 2.81 bits per heavy atom. The molecule has 26 heavy (non-hydrogen) atoms. The minimum absolute atomic E-state index is 0.127. The smallest absolute Gasteiger partial charge is 0.305 e. The molecule has 0 saturated heterocycles. The summed E-state index contributed by atoms with van der Waals surface area (Å²) in [6.07, 6.45) is 1.88. The molecule has 1 aliphatic rings. The lowest BCUT2D eigenvalue weighted by Gasteiger charge is -2.36. The molecule has 3 heterocycles. The van der Waals surface area contributed by atoms with E-state index in [0.29, 0.717) is 29.0 Å². The summed E-state index contributed by atoms with van der Waals surface area (Å²) in [6, 6.07) is 8.90. The van der Waals surface area contributed by atoms with Crippen molar-refractivity contribution in [2.75, 3.05) is 0 Å². The second-order valence-electron chi connectivity index (χ2n) is 6.25. The van der Waals surface area contributed by atoms with Crippen molar-refractivity contribution >= 4 is 34.5 Å². The molecule has 0 spiro atoms. The predicted octanol–water partition coefficient (Wildman–Crippen LogP) is 2.65. The highest BCUT2D eigenvalue weighted by Gasteiger charge is 2.33. The Bertz CT molecular complexity index is 1020. The summed E-state index contributed by atoms with van der Waals surface area (Å²) in [5.41, 5.74) is 2.66. The van der Waals surface area contributed by atoms with Gasteiger partial charge in [0.2, 0.25) is 0 Å². The van der Waals surface area contributed by atoms with Crippen LogP contribution < -0.4 is 0 Å². The molecular formula is C18H15ClN4O3. The molecule has 0 bridgehead atoms. The van der Waals surface area contributed by atoms with Crippen LogP contribution in [-0.4, -0.2) is 43.1 Å². The number of carboxylic acids is 1. The number of carbonyl (C=O) groups is 2. The zero-order valence-corrected chi connectivity index (χ0v) is 14.4. The fourth-order valence-electron chi connectivity index (χ4n) is 3.42. The number of H-pyrrole nitrogens is 1. The molecule has 4 rings (SSSR count). The fourth-order valence-corrected chi connectivity index (χ4v) is 3.65. The van der Waals surface area contributed by atoms with E-state index in [4.69, 9.17) is 11.6 Å². The average Bonchev–Trinajstić information content (AvgIpc) is 3.05. The SMILES string of the molecule is O=C(O)C[C@@H]1Cc2ccccc2CN1C(=O)c1[nH]nc2nccc(Cl)c12. The molecule has 0 fully saturated rings. The Morgan fingerprint density at radius 1 is 1.27 bits per heavy atom. The lowest BCUT2D eigenvalue weighted by molar-refractivity contribution is -0.138. The Labute approximate surface area is 153 Å². The largest absolute Gasteiger partial charge is 0.481 e. The molecule has 0 aliphatic carbocycles. The first-order valence-corrected chi connectivity index (χ1v) is 8.50. The van der Waals surface area contributed by atoms with Gasteiger partial charge in [0, 0.05) is 18.8 Å². The van der Waals surface area contributed by atoms with Crippen LogP contribution in [0.1, 0.15) is 28.0 Å². The minimum atomic E-state index is -0.943. The molecule has 8 heteroatoms. The second-order valence-corrected chi connectivity index (χ2v) is 6.65. The normalized spacial score (nSPS) is 16.5. The summed E-state index contributed by atoms with van der Waals surface area (Å²) in [5.74, 6) is -1.27. The number of halogens is 1. The van der Waals surface area contributed by atoms with Crippen LogP contribution in [0.2, 0.25) is 5.02 Å². The van der Waals surface area contributed by atoms with Crippen LogP contribution in [0, 0.1) is 0 Å². The second kappa shape index (κ2) is 6.42. The van der Waals surface area contributed by atoms with Gasteiger partial charge in [0.05, 0.1) is 16.8 Å². The molecule has 0 unspecified atom stereocenters. The van der Waals surface area contributed by atoms with Crippen molar-refractivity contribution in [3.05, 3.63) is 58.4 Å². The number of pyridine rings is 1. The molecule has 1 atom stereocenters. The Kier molecular flexibility index (Phi) is 4.08.